The Labute approximate surface area is 108 Å². The molecular weight excluding hydrogens is 222 g/mol. The van der Waals surface area contributed by atoms with Crippen molar-refractivity contribution in [3.8, 4) is 0 Å². The molecule has 0 amide bonds. The van der Waals surface area contributed by atoms with Gasteiger partial charge in [-0.15, -0.1) is 0 Å². The number of anilines is 1. The maximum Gasteiger partial charge on any atom is 0.223 e. The number of hydrogen-bond donors (Lipinski definition) is 1. The lowest BCUT2D eigenvalue weighted by Crippen LogP contribution is -2.26. The average Bonchev–Trinajstić information content (AvgIpc) is 2.37. The van der Waals surface area contributed by atoms with E-state index in [0.29, 0.717) is 5.95 Å². The third-order valence-electron chi connectivity index (χ3n) is 2.84. The summed E-state index contributed by atoms with van der Waals surface area (Å²) >= 11 is 0. The topological polar surface area (TPSA) is 37.8 Å². The third kappa shape index (κ3) is 3.06. The smallest absolute Gasteiger partial charge is 0.223 e. The van der Waals surface area contributed by atoms with Crippen molar-refractivity contribution in [2.45, 2.75) is 26.8 Å². The van der Waals surface area contributed by atoms with Gasteiger partial charge in [0.1, 0.15) is 0 Å². The molecular formula is C15H19N3. The van der Waals surface area contributed by atoms with Gasteiger partial charge in [0, 0.05) is 12.4 Å². The first-order valence-electron chi connectivity index (χ1n) is 6.16. The second-order valence-electron chi connectivity index (χ2n) is 5.43. The first kappa shape index (κ1) is 12.6. The average molecular weight is 241 g/mol. The van der Waals surface area contributed by atoms with Crippen LogP contribution in [0.1, 0.15) is 32.4 Å². The highest BCUT2D eigenvalue weighted by Gasteiger charge is 2.26. The molecule has 1 aromatic carbocycles. The second-order valence-corrected chi connectivity index (χ2v) is 5.43. The maximum absolute atomic E-state index is 4.24. The van der Waals surface area contributed by atoms with Crippen molar-refractivity contribution >= 4 is 5.95 Å². The van der Waals surface area contributed by atoms with Gasteiger partial charge in [-0.2, -0.15) is 0 Å². The zero-order chi connectivity index (χ0) is 13.0. The van der Waals surface area contributed by atoms with Gasteiger partial charge in [0.05, 0.1) is 6.04 Å². The van der Waals surface area contributed by atoms with Gasteiger partial charge in [-0.1, -0.05) is 51.1 Å². The molecule has 0 aliphatic carbocycles. The van der Waals surface area contributed by atoms with Gasteiger partial charge < -0.3 is 5.32 Å². The second kappa shape index (κ2) is 5.17. The summed E-state index contributed by atoms with van der Waals surface area (Å²) in [5.74, 6) is 0.668. The molecule has 0 bridgehead atoms. The molecule has 2 aromatic rings. The predicted octanol–water partition coefficient (Wildman–Crippen LogP) is 3.68. The van der Waals surface area contributed by atoms with Gasteiger partial charge in [-0.25, -0.2) is 9.97 Å². The summed E-state index contributed by atoms with van der Waals surface area (Å²) in [6.07, 6.45) is 3.50. The molecule has 1 N–H and O–H groups in total. The minimum absolute atomic E-state index is 0.0839. The summed E-state index contributed by atoms with van der Waals surface area (Å²) in [6.45, 7) is 6.63. The summed E-state index contributed by atoms with van der Waals surface area (Å²) in [7, 11) is 0. The normalized spacial score (nSPS) is 13.1. The van der Waals surface area contributed by atoms with E-state index in [2.05, 4.69) is 60.3 Å². The predicted molar refractivity (Wildman–Crippen MR) is 74.3 cm³/mol. The van der Waals surface area contributed by atoms with Crippen molar-refractivity contribution in [3.05, 3.63) is 54.4 Å². The van der Waals surface area contributed by atoms with Crippen LogP contribution in [0.15, 0.2) is 48.8 Å². The summed E-state index contributed by atoms with van der Waals surface area (Å²) in [5.41, 5.74) is 1.33. The molecule has 0 spiro atoms. The summed E-state index contributed by atoms with van der Waals surface area (Å²) < 4.78 is 0. The molecule has 0 saturated heterocycles. The standard InChI is InChI=1S/C15H19N3/c1-15(2,3)13(12-8-5-4-6-9-12)18-14-16-10-7-11-17-14/h4-11,13H,1-3H3,(H,16,17,18). The molecule has 0 radical (unpaired) electrons. The van der Waals surface area contributed by atoms with E-state index in [9.17, 15) is 0 Å². The summed E-state index contributed by atoms with van der Waals surface area (Å²) in [5, 5.41) is 3.41. The number of hydrogen-bond acceptors (Lipinski definition) is 3. The molecule has 1 unspecified atom stereocenters. The Kier molecular flexibility index (Phi) is 3.60. The van der Waals surface area contributed by atoms with Crippen LogP contribution in [0.5, 0.6) is 0 Å². The van der Waals surface area contributed by atoms with Crippen molar-refractivity contribution < 1.29 is 0 Å². The van der Waals surface area contributed by atoms with E-state index in [4.69, 9.17) is 0 Å². The quantitative estimate of drug-likeness (QED) is 0.890. The van der Waals surface area contributed by atoms with Crippen LogP contribution in [-0.4, -0.2) is 9.97 Å². The first-order valence-corrected chi connectivity index (χ1v) is 6.16. The van der Waals surface area contributed by atoms with Gasteiger partial charge in [0.25, 0.3) is 0 Å². The Balaban J connectivity index is 2.28. The van der Waals surface area contributed by atoms with Crippen molar-refractivity contribution in [1.29, 1.82) is 0 Å². The Bertz CT molecular complexity index is 474. The minimum atomic E-state index is 0.0839. The zero-order valence-electron chi connectivity index (χ0n) is 11.1. The van der Waals surface area contributed by atoms with Crippen molar-refractivity contribution in [3.63, 3.8) is 0 Å². The Morgan fingerprint density at radius 3 is 2.11 bits per heavy atom. The van der Waals surface area contributed by atoms with E-state index >= 15 is 0 Å². The molecule has 3 nitrogen and oxygen atoms in total. The molecule has 1 aromatic heterocycles. The minimum Gasteiger partial charge on any atom is -0.347 e. The van der Waals surface area contributed by atoms with Gasteiger partial charge in [-0.3, -0.25) is 0 Å². The monoisotopic (exact) mass is 241 g/mol. The molecule has 18 heavy (non-hydrogen) atoms. The highest BCUT2D eigenvalue weighted by molar-refractivity contribution is 5.32. The molecule has 94 valence electrons. The first-order chi connectivity index (χ1) is 8.57. The van der Waals surface area contributed by atoms with Gasteiger partial charge in [0.2, 0.25) is 5.95 Å². The molecule has 0 aliphatic heterocycles. The van der Waals surface area contributed by atoms with Crippen LogP contribution in [0.2, 0.25) is 0 Å². The van der Waals surface area contributed by atoms with Crippen LogP contribution < -0.4 is 5.32 Å². The number of benzene rings is 1. The van der Waals surface area contributed by atoms with E-state index in [1.807, 2.05) is 12.1 Å². The van der Waals surface area contributed by atoms with Crippen molar-refractivity contribution in [2.24, 2.45) is 5.41 Å². The fourth-order valence-electron chi connectivity index (χ4n) is 1.95. The highest BCUT2D eigenvalue weighted by atomic mass is 15.1. The number of aromatic nitrogens is 2. The lowest BCUT2D eigenvalue weighted by Gasteiger charge is -2.31. The summed E-state index contributed by atoms with van der Waals surface area (Å²) in [4.78, 5) is 8.47. The van der Waals surface area contributed by atoms with Crippen LogP contribution in [0.4, 0.5) is 5.95 Å². The SMILES string of the molecule is CC(C)(C)C(Nc1ncccn1)c1ccccc1. The van der Waals surface area contributed by atoms with E-state index in [-0.39, 0.29) is 11.5 Å². The number of rotatable bonds is 3. The van der Waals surface area contributed by atoms with Crippen LogP contribution >= 0.6 is 0 Å². The van der Waals surface area contributed by atoms with Gasteiger partial charge in [0.15, 0.2) is 0 Å². The molecule has 2 rings (SSSR count). The molecule has 0 saturated carbocycles. The van der Waals surface area contributed by atoms with Crippen LogP contribution in [0.25, 0.3) is 0 Å². The molecule has 0 aliphatic rings. The molecule has 1 heterocycles. The van der Waals surface area contributed by atoms with Crippen LogP contribution in [0.3, 0.4) is 0 Å². The van der Waals surface area contributed by atoms with Gasteiger partial charge in [-0.05, 0) is 17.0 Å². The maximum atomic E-state index is 4.24. The Morgan fingerprint density at radius 2 is 1.56 bits per heavy atom. The number of nitrogens with zero attached hydrogens (tertiary/aromatic N) is 2. The fraction of sp³-hybridized carbons (Fsp3) is 0.333. The van der Waals surface area contributed by atoms with E-state index < -0.39 is 0 Å². The Morgan fingerprint density at radius 1 is 0.944 bits per heavy atom. The van der Waals surface area contributed by atoms with E-state index in [1.165, 1.54) is 5.56 Å². The van der Waals surface area contributed by atoms with E-state index in [0.717, 1.165) is 0 Å². The lowest BCUT2D eigenvalue weighted by molar-refractivity contribution is 0.346. The zero-order valence-corrected chi connectivity index (χ0v) is 11.1. The molecule has 1 atom stereocenters. The van der Waals surface area contributed by atoms with Crippen LogP contribution in [-0.2, 0) is 0 Å². The van der Waals surface area contributed by atoms with Crippen LogP contribution in [0, 0.1) is 5.41 Å². The Hall–Kier alpha value is -1.90. The highest BCUT2D eigenvalue weighted by Crippen LogP contribution is 2.34. The van der Waals surface area contributed by atoms with E-state index in [1.54, 1.807) is 12.4 Å². The third-order valence-corrected chi connectivity index (χ3v) is 2.84. The molecule has 0 fully saturated rings. The largest absolute Gasteiger partial charge is 0.347 e. The van der Waals surface area contributed by atoms with Crippen molar-refractivity contribution in [1.82, 2.24) is 9.97 Å². The lowest BCUT2D eigenvalue weighted by atomic mass is 9.82. The molecule has 3 heteroatoms. The number of nitrogens with one attached hydrogen (secondary N) is 1. The van der Waals surface area contributed by atoms with Gasteiger partial charge >= 0.3 is 0 Å². The summed E-state index contributed by atoms with van der Waals surface area (Å²) in [6, 6.07) is 12.4. The van der Waals surface area contributed by atoms with Crippen molar-refractivity contribution in [2.75, 3.05) is 5.32 Å². The fourth-order valence-corrected chi connectivity index (χ4v) is 1.95.